The van der Waals surface area contributed by atoms with Gasteiger partial charge < -0.3 is 9.84 Å². The highest BCUT2D eigenvalue weighted by atomic mass is 16.5. The van der Waals surface area contributed by atoms with Crippen LogP contribution in [-0.4, -0.2) is 23.0 Å². The highest BCUT2D eigenvalue weighted by molar-refractivity contribution is 5.74. The quantitative estimate of drug-likeness (QED) is 0.836. The maximum absolute atomic E-state index is 10.6. The van der Waals surface area contributed by atoms with E-state index in [1.54, 1.807) is 6.07 Å². The number of carbonyl (C=O) groups is 1. The van der Waals surface area contributed by atoms with Crippen LogP contribution in [0.25, 0.3) is 0 Å². The molecule has 1 N–H and O–H groups in total. The number of ether oxygens (including phenoxy) is 1. The van der Waals surface area contributed by atoms with E-state index >= 15 is 0 Å². The van der Waals surface area contributed by atoms with Crippen LogP contribution in [0.4, 0.5) is 0 Å². The molecule has 0 amide bonds. The summed E-state index contributed by atoms with van der Waals surface area (Å²) in [5.74, 6) is 1.16. The van der Waals surface area contributed by atoms with Gasteiger partial charge in [-0.1, -0.05) is 12.1 Å². The largest absolute Gasteiger partial charge is 0.439 e. The van der Waals surface area contributed by atoms with Gasteiger partial charge in [0.05, 0.1) is 0 Å². The summed E-state index contributed by atoms with van der Waals surface area (Å²) in [7, 11) is 0. The number of aliphatic hydroxyl groups is 1. The van der Waals surface area contributed by atoms with E-state index in [-0.39, 0.29) is 6.61 Å². The molecule has 98 valence electrons. The predicted molar refractivity (Wildman–Crippen MR) is 71.7 cm³/mol. The SMILES string of the molecule is Cc1cc(C=O)cnc1Oc1ccc(CCO)cc1. The number of pyridine rings is 1. The van der Waals surface area contributed by atoms with E-state index in [0.717, 1.165) is 17.4 Å². The Morgan fingerprint density at radius 2 is 2.05 bits per heavy atom. The maximum atomic E-state index is 10.6. The average Bonchev–Trinajstić information content (AvgIpc) is 2.43. The van der Waals surface area contributed by atoms with Gasteiger partial charge in [-0.3, -0.25) is 4.79 Å². The van der Waals surface area contributed by atoms with Gasteiger partial charge in [0.1, 0.15) is 5.75 Å². The molecule has 0 atom stereocenters. The fraction of sp³-hybridized carbons (Fsp3) is 0.200. The Kier molecular flexibility index (Phi) is 4.26. The van der Waals surface area contributed by atoms with Crippen LogP contribution in [-0.2, 0) is 6.42 Å². The Morgan fingerprint density at radius 1 is 1.32 bits per heavy atom. The van der Waals surface area contributed by atoms with Crippen molar-refractivity contribution in [3.8, 4) is 11.6 Å². The maximum Gasteiger partial charge on any atom is 0.222 e. The van der Waals surface area contributed by atoms with E-state index in [4.69, 9.17) is 9.84 Å². The molecule has 2 rings (SSSR count). The average molecular weight is 257 g/mol. The summed E-state index contributed by atoms with van der Waals surface area (Å²) in [6.07, 6.45) is 2.87. The highest BCUT2D eigenvalue weighted by Crippen LogP contribution is 2.23. The monoisotopic (exact) mass is 257 g/mol. The minimum atomic E-state index is 0.133. The molecule has 19 heavy (non-hydrogen) atoms. The fourth-order valence-electron chi connectivity index (χ4n) is 1.72. The summed E-state index contributed by atoms with van der Waals surface area (Å²) < 4.78 is 5.65. The lowest BCUT2D eigenvalue weighted by Gasteiger charge is -2.08. The van der Waals surface area contributed by atoms with Gasteiger partial charge in [0, 0.05) is 23.9 Å². The zero-order chi connectivity index (χ0) is 13.7. The molecule has 1 aromatic heterocycles. The number of hydrogen-bond acceptors (Lipinski definition) is 4. The summed E-state index contributed by atoms with van der Waals surface area (Å²) in [5, 5.41) is 8.84. The van der Waals surface area contributed by atoms with Gasteiger partial charge in [-0.05, 0) is 37.1 Å². The molecule has 0 bridgehead atoms. The van der Waals surface area contributed by atoms with E-state index < -0.39 is 0 Å². The number of benzene rings is 1. The normalized spacial score (nSPS) is 10.2. The summed E-state index contributed by atoms with van der Waals surface area (Å²) in [5.41, 5.74) is 2.39. The van der Waals surface area contributed by atoms with Crippen LogP contribution in [0.1, 0.15) is 21.5 Å². The van der Waals surface area contributed by atoms with E-state index in [2.05, 4.69) is 4.98 Å². The van der Waals surface area contributed by atoms with Gasteiger partial charge in [0.2, 0.25) is 5.88 Å². The Labute approximate surface area is 111 Å². The Balaban J connectivity index is 2.14. The van der Waals surface area contributed by atoms with Crippen molar-refractivity contribution in [3.63, 3.8) is 0 Å². The van der Waals surface area contributed by atoms with Crippen molar-refractivity contribution in [2.45, 2.75) is 13.3 Å². The number of aliphatic hydroxyl groups excluding tert-OH is 1. The van der Waals surface area contributed by atoms with Crippen LogP contribution in [0.3, 0.4) is 0 Å². The summed E-state index contributed by atoms with van der Waals surface area (Å²) in [4.78, 5) is 14.7. The third-order valence-electron chi connectivity index (χ3n) is 2.73. The first-order valence-electron chi connectivity index (χ1n) is 6.02. The molecule has 0 saturated heterocycles. The van der Waals surface area contributed by atoms with Crippen molar-refractivity contribution < 1.29 is 14.6 Å². The summed E-state index contributed by atoms with van der Waals surface area (Å²) in [6.45, 7) is 1.98. The van der Waals surface area contributed by atoms with Crippen LogP contribution in [0.5, 0.6) is 11.6 Å². The number of aromatic nitrogens is 1. The number of aryl methyl sites for hydroxylation is 1. The topological polar surface area (TPSA) is 59.4 Å². The lowest BCUT2D eigenvalue weighted by atomic mass is 10.1. The molecule has 4 nitrogen and oxygen atoms in total. The van der Waals surface area contributed by atoms with Crippen molar-refractivity contribution in [1.29, 1.82) is 0 Å². The van der Waals surface area contributed by atoms with Gasteiger partial charge in [0.15, 0.2) is 6.29 Å². The number of aldehydes is 1. The Bertz CT molecular complexity index is 564. The molecular weight excluding hydrogens is 242 g/mol. The molecule has 1 heterocycles. The second-order valence-corrected chi connectivity index (χ2v) is 4.23. The molecule has 0 aliphatic heterocycles. The lowest BCUT2D eigenvalue weighted by Crippen LogP contribution is -1.94. The van der Waals surface area contributed by atoms with Crippen molar-refractivity contribution >= 4 is 6.29 Å². The number of hydrogen-bond donors (Lipinski definition) is 1. The van der Waals surface area contributed by atoms with Gasteiger partial charge >= 0.3 is 0 Å². The predicted octanol–water partition coefficient (Wildman–Crippen LogP) is 2.53. The first-order chi connectivity index (χ1) is 9.22. The molecule has 2 aromatic rings. The van der Waals surface area contributed by atoms with Crippen LogP contribution >= 0.6 is 0 Å². The first kappa shape index (κ1) is 13.2. The number of carbonyl (C=O) groups excluding carboxylic acids is 1. The zero-order valence-corrected chi connectivity index (χ0v) is 10.7. The molecule has 0 aliphatic carbocycles. The summed E-state index contributed by atoms with van der Waals surface area (Å²) in [6, 6.07) is 9.20. The van der Waals surface area contributed by atoms with Gasteiger partial charge in [-0.2, -0.15) is 0 Å². The van der Waals surface area contributed by atoms with E-state index in [1.165, 1.54) is 6.20 Å². The first-order valence-corrected chi connectivity index (χ1v) is 6.02. The lowest BCUT2D eigenvalue weighted by molar-refractivity contribution is 0.112. The number of nitrogens with zero attached hydrogens (tertiary/aromatic N) is 1. The minimum absolute atomic E-state index is 0.133. The van der Waals surface area contributed by atoms with E-state index in [9.17, 15) is 4.79 Å². The third kappa shape index (κ3) is 3.39. The molecule has 0 spiro atoms. The molecule has 4 heteroatoms. The molecule has 1 aromatic carbocycles. The molecular formula is C15H15NO3. The smallest absolute Gasteiger partial charge is 0.222 e. The second-order valence-electron chi connectivity index (χ2n) is 4.23. The minimum Gasteiger partial charge on any atom is -0.439 e. The molecule has 0 unspecified atom stereocenters. The van der Waals surface area contributed by atoms with Crippen LogP contribution < -0.4 is 4.74 Å². The number of rotatable bonds is 5. The summed E-state index contributed by atoms with van der Waals surface area (Å²) >= 11 is 0. The van der Waals surface area contributed by atoms with Crippen LogP contribution in [0, 0.1) is 6.92 Å². The van der Waals surface area contributed by atoms with Crippen molar-refractivity contribution in [3.05, 3.63) is 53.2 Å². The fourth-order valence-corrected chi connectivity index (χ4v) is 1.72. The van der Waals surface area contributed by atoms with Crippen molar-refractivity contribution in [2.24, 2.45) is 0 Å². The van der Waals surface area contributed by atoms with Crippen LogP contribution in [0.2, 0.25) is 0 Å². The van der Waals surface area contributed by atoms with Gasteiger partial charge in [0.25, 0.3) is 0 Å². The zero-order valence-electron chi connectivity index (χ0n) is 10.7. The van der Waals surface area contributed by atoms with Gasteiger partial charge in [-0.15, -0.1) is 0 Å². The molecule has 0 fully saturated rings. The Hall–Kier alpha value is -2.20. The third-order valence-corrected chi connectivity index (χ3v) is 2.73. The molecule has 0 radical (unpaired) electrons. The van der Waals surface area contributed by atoms with E-state index in [1.807, 2.05) is 31.2 Å². The highest BCUT2D eigenvalue weighted by Gasteiger charge is 2.04. The standard InChI is InChI=1S/C15H15NO3/c1-11-8-13(10-18)9-16-15(11)19-14-4-2-12(3-5-14)6-7-17/h2-5,8-10,17H,6-7H2,1H3. The van der Waals surface area contributed by atoms with Gasteiger partial charge in [-0.25, -0.2) is 4.98 Å². The van der Waals surface area contributed by atoms with Crippen molar-refractivity contribution in [2.75, 3.05) is 6.61 Å². The van der Waals surface area contributed by atoms with E-state index in [0.29, 0.717) is 23.6 Å². The molecule has 0 saturated carbocycles. The molecule has 0 aliphatic rings. The second kappa shape index (κ2) is 6.11. The van der Waals surface area contributed by atoms with Crippen LogP contribution in [0.15, 0.2) is 36.5 Å². The Morgan fingerprint density at radius 3 is 2.63 bits per heavy atom. The van der Waals surface area contributed by atoms with Crippen molar-refractivity contribution in [1.82, 2.24) is 4.98 Å².